The van der Waals surface area contributed by atoms with Crippen molar-refractivity contribution in [3.63, 3.8) is 0 Å². The summed E-state index contributed by atoms with van der Waals surface area (Å²) in [5, 5.41) is 0. The van der Waals surface area contributed by atoms with E-state index in [-0.39, 0.29) is 5.78 Å². The molecule has 0 atom stereocenters. The van der Waals surface area contributed by atoms with Crippen LogP contribution < -0.4 is 9.47 Å². The van der Waals surface area contributed by atoms with Gasteiger partial charge in [0.15, 0.2) is 17.3 Å². The van der Waals surface area contributed by atoms with Crippen LogP contribution in [0.5, 0.6) is 11.5 Å². The van der Waals surface area contributed by atoms with Gasteiger partial charge in [-0.15, -0.1) is 0 Å². The number of ketones is 1. The van der Waals surface area contributed by atoms with E-state index in [9.17, 15) is 4.79 Å². The SMILES string of the molecule is CCN(CC)CCOc1ccc(C(C)=O)cc1OC. The molecule has 4 heteroatoms. The number of likely N-dealkylation sites (N-methyl/N-ethyl adjacent to an activating group) is 1. The first-order chi connectivity index (χ1) is 9.12. The van der Waals surface area contributed by atoms with Crippen molar-refractivity contribution in [1.82, 2.24) is 4.90 Å². The van der Waals surface area contributed by atoms with E-state index in [4.69, 9.17) is 9.47 Å². The van der Waals surface area contributed by atoms with E-state index in [1.807, 2.05) is 0 Å². The third-order valence-electron chi connectivity index (χ3n) is 3.13. The Hall–Kier alpha value is -1.55. The highest BCUT2D eigenvalue weighted by molar-refractivity contribution is 5.94. The van der Waals surface area contributed by atoms with E-state index < -0.39 is 0 Å². The van der Waals surface area contributed by atoms with Gasteiger partial charge in [-0.05, 0) is 38.2 Å². The summed E-state index contributed by atoms with van der Waals surface area (Å²) in [7, 11) is 1.58. The Labute approximate surface area is 115 Å². The summed E-state index contributed by atoms with van der Waals surface area (Å²) >= 11 is 0. The van der Waals surface area contributed by atoms with Crippen LogP contribution >= 0.6 is 0 Å². The lowest BCUT2D eigenvalue weighted by Gasteiger charge is -2.18. The van der Waals surface area contributed by atoms with E-state index in [0.717, 1.165) is 19.6 Å². The van der Waals surface area contributed by atoms with Crippen molar-refractivity contribution in [3.8, 4) is 11.5 Å². The van der Waals surface area contributed by atoms with Gasteiger partial charge in [-0.25, -0.2) is 0 Å². The molecule has 1 aromatic rings. The van der Waals surface area contributed by atoms with E-state index in [1.54, 1.807) is 25.3 Å². The minimum absolute atomic E-state index is 0.0213. The van der Waals surface area contributed by atoms with Gasteiger partial charge in [-0.1, -0.05) is 13.8 Å². The highest BCUT2D eigenvalue weighted by Gasteiger charge is 2.08. The Bertz CT molecular complexity index is 414. The molecule has 0 aliphatic carbocycles. The van der Waals surface area contributed by atoms with E-state index in [1.165, 1.54) is 6.92 Å². The predicted molar refractivity (Wildman–Crippen MR) is 76.3 cm³/mol. The number of benzene rings is 1. The lowest BCUT2D eigenvalue weighted by molar-refractivity contribution is 0.101. The zero-order valence-corrected chi connectivity index (χ0v) is 12.2. The minimum Gasteiger partial charge on any atom is -0.493 e. The maximum absolute atomic E-state index is 11.3. The second-order valence-electron chi connectivity index (χ2n) is 4.30. The summed E-state index contributed by atoms with van der Waals surface area (Å²) in [6.07, 6.45) is 0. The van der Waals surface area contributed by atoms with E-state index >= 15 is 0 Å². The number of Topliss-reactive ketones (excluding diaryl/α,β-unsaturated/α-hetero) is 1. The van der Waals surface area contributed by atoms with Crippen LogP contribution in [0.4, 0.5) is 0 Å². The number of nitrogens with zero attached hydrogens (tertiary/aromatic N) is 1. The molecule has 0 unspecified atom stereocenters. The summed E-state index contributed by atoms with van der Waals surface area (Å²) in [5.74, 6) is 1.31. The van der Waals surface area contributed by atoms with Gasteiger partial charge in [0.05, 0.1) is 7.11 Å². The molecule has 4 nitrogen and oxygen atoms in total. The van der Waals surface area contributed by atoms with Gasteiger partial charge < -0.3 is 14.4 Å². The van der Waals surface area contributed by atoms with Gasteiger partial charge in [0.25, 0.3) is 0 Å². The number of methoxy groups -OCH3 is 1. The van der Waals surface area contributed by atoms with Gasteiger partial charge in [0, 0.05) is 12.1 Å². The van der Waals surface area contributed by atoms with E-state index in [0.29, 0.717) is 23.7 Å². The molecule has 0 heterocycles. The van der Waals surface area contributed by atoms with Crippen molar-refractivity contribution in [2.24, 2.45) is 0 Å². The standard InChI is InChI=1S/C15H23NO3/c1-5-16(6-2)9-10-19-14-8-7-13(12(3)17)11-15(14)18-4/h7-8,11H,5-6,9-10H2,1-4H3. The molecule has 0 N–H and O–H groups in total. The van der Waals surface area contributed by atoms with Crippen molar-refractivity contribution < 1.29 is 14.3 Å². The first-order valence-corrected chi connectivity index (χ1v) is 6.66. The molecule has 0 aliphatic rings. The van der Waals surface area contributed by atoms with Crippen LogP contribution in [0.15, 0.2) is 18.2 Å². The second-order valence-corrected chi connectivity index (χ2v) is 4.30. The molecule has 0 saturated heterocycles. The number of hydrogen-bond acceptors (Lipinski definition) is 4. The Balaban J connectivity index is 2.65. The summed E-state index contributed by atoms with van der Waals surface area (Å²) in [6, 6.07) is 5.27. The maximum atomic E-state index is 11.3. The number of carbonyl (C=O) groups is 1. The third kappa shape index (κ3) is 4.56. The summed E-state index contributed by atoms with van der Waals surface area (Å²) in [4.78, 5) is 13.6. The van der Waals surface area contributed by atoms with Crippen molar-refractivity contribution in [1.29, 1.82) is 0 Å². The fraction of sp³-hybridized carbons (Fsp3) is 0.533. The third-order valence-corrected chi connectivity index (χ3v) is 3.13. The van der Waals surface area contributed by atoms with Gasteiger partial charge in [0.1, 0.15) is 6.61 Å². The largest absolute Gasteiger partial charge is 0.493 e. The fourth-order valence-corrected chi connectivity index (χ4v) is 1.83. The topological polar surface area (TPSA) is 38.8 Å². The Morgan fingerprint density at radius 1 is 1.21 bits per heavy atom. The molecule has 0 aliphatic heterocycles. The zero-order chi connectivity index (χ0) is 14.3. The van der Waals surface area contributed by atoms with Crippen LogP contribution in [-0.4, -0.2) is 44.0 Å². The lowest BCUT2D eigenvalue weighted by atomic mass is 10.1. The number of hydrogen-bond donors (Lipinski definition) is 0. The Morgan fingerprint density at radius 2 is 1.89 bits per heavy atom. The Morgan fingerprint density at radius 3 is 2.42 bits per heavy atom. The molecule has 0 spiro atoms. The normalized spacial score (nSPS) is 10.6. The van der Waals surface area contributed by atoms with Crippen LogP contribution in [0.1, 0.15) is 31.1 Å². The second kappa shape index (κ2) is 7.79. The first-order valence-electron chi connectivity index (χ1n) is 6.66. The zero-order valence-electron chi connectivity index (χ0n) is 12.2. The molecular formula is C15H23NO3. The van der Waals surface area contributed by atoms with Crippen LogP contribution in [0.2, 0.25) is 0 Å². The monoisotopic (exact) mass is 265 g/mol. The van der Waals surface area contributed by atoms with Crippen LogP contribution in [0, 0.1) is 0 Å². The quantitative estimate of drug-likeness (QED) is 0.677. The fourth-order valence-electron chi connectivity index (χ4n) is 1.83. The minimum atomic E-state index is 0.0213. The maximum Gasteiger partial charge on any atom is 0.161 e. The molecule has 0 saturated carbocycles. The van der Waals surface area contributed by atoms with Gasteiger partial charge >= 0.3 is 0 Å². The van der Waals surface area contributed by atoms with E-state index in [2.05, 4.69) is 18.7 Å². The van der Waals surface area contributed by atoms with Crippen molar-refractivity contribution in [3.05, 3.63) is 23.8 Å². The molecule has 0 radical (unpaired) electrons. The molecule has 0 bridgehead atoms. The van der Waals surface area contributed by atoms with Gasteiger partial charge in [-0.3, -0.25) is 4.79 Å². The highest BCUT2D eigenvalue weighted by Crippen LogP contribution is 2.28. The van der Waals surface area contributed by atoms with Crippen LogP contribution in [-0.2, 0) is 0 Å². The van der Waals surface area contributed by atoms with Crippen LogP contribution in [0.25, 0.3) is 0 Å². The highest BCUT2D eigenvalue weighted by atomic mass is 16.5. The number of rotatable bonds is 8. The molecule has 1 rings (SSSR count). The lowest BCUT2D eigenvalue weighted by Crippen LogP contribution is -2.27. The average Bonchev–Trinajstić information content (AvgIpc) is 2.43. The molecular weight excluding hydrogens is 242 g/mol. The molecule has 1 aromatic carbocycles. The number of ether oxygens (including phenoxy) is 2. The van der Waals surface area contributed by atoms with Crippen LogP contribution in [0.3, 0.4) is 0 Å². The number of carbonyl (C=O) groups excluding carboxylic acids is 1. The van der Waals surface area contributed by atoms with Crippen molar-refractivity contribution in [2.45, 2.75) is 20.8 Å². The summed E-state index contributed by atoms with van der Waals surface area (Å²) < 4.78 is 11.0. The smallest absolute Gasteiger partial charge is 0.161 e. The Kier molecular flexibility index (Phi) is 6.36. The first kappa shape index (κ1) is 15.5. The molecule has 0 aromatic heterocycles. The van der Waals surface area contributed by atoms with Gasteiger partial charge in [0.2, 0.25) is 0 Å². The molecule has 0 fully saturated rings. The molecule has 106 valence electrons. The predicted octanol–water partition coefficient (Wildman–Crippen LogP) is 2.62. The summed E-state index contributed by atoms with van der Waals surface area (Å²) in [5.41, 5.74) is 0.632. The molecule has 0 amide bonds. The summed E-state index contributed by atoms with van der Waals surface area (Å²) in [6.45, 7) is 9.32. The average molecular weight is 265 g/mol. The van der Waals surface area contributed by atoms with Crippen molar-refractivity contribution in [2.75, 3.05) is 33.4 Å². The van der Waals surface area contributed by atoms with Gasteiger partial charge in [-0.2, -0.15) is 0 Å². The van der Waals surface area contributed by atoms with Crippen molar-refractivity contribution >= 4 is 5.78 Å². The molecule has 19 heavy (non-hydrogen) atoms.